The van der Waals surface area contributed by atoms with Crippen LogP contribution in [0.3, 0.4) is 0 Å². The maximum Gasteiger partial charge on any atom is 0.534 e. The number of likely N-dealkylation sites (N-methyl/N-ethyl adjacent to an activating group) is 1. The highest BCUT2D eigenvalue weighted by atomic mass is 32.2. The molecule has 2 aromatic carbocycles. The van der Waals surface area contributed by atoms with Crippen molar-refractivity contribution in [3.05, 3.63) is 41.0 Å². The van der Waals surface area contributed by atoms with Gasteiger partial charge in [0.15, 0.2) is 11.5 Å². The molecule has 0 amide bonds. The lowest BCUT2D eigenvalue weighted by molar-refractivity contribution is -0.0500. The van der Waals surface area contributed by atoms with Crippen molar-refractivity contribution in [3.63, 3.8) is 0 Å². The fourth-order valence-corrected chi connectivity index (χ4v) is 4.99. The summed E-state index contributed by atoms with van der Waals surface area (Å²) in [5.74, 6) is -0.570. The van der Waals surface area contributed by atoms with E-state index in [-0.39, 0.29) is 30.6 Å². The molecule has 2 aliphatic rings. The Labute approximate surface area is 188 Å². The molecular formula is C22H23F4NO5S. The minimum Gasteiger partial charge on any atom is -0.504 e. The van der Waals surface area contributed by atoms with Gasteiger partial charge in [-0.25, -0.2) is 0 Å². The van der Waals surface area contributed by atoms with Crippen LogP contribution in [0.1, 0.15) is 36.1 Å². The normalized spacial score (nSPS) is 17.9. The Morgan fingerprint density at radius 1 is 1.21 bits per heavy atom. The van der Waals surface area contributed by atoms with Crippen molar-refractivity contribution in [1.29, 1.82) is 0 Å². The van der Waals surface area contributed by atoms with E-state index < -0.39 is 28.1 Å². The molecule has 0 saturated heterocycles. The third kappa shape index (κ3) is 4.23. The van der Waals surface area contributed by atoms with Gasteiger partial charge in [0.05, 0.1) is 13.3 Å². The fourth-order valence-electron chi connectivity index (χ4n) is 4.53. The van der Waals surface area contributed by atoms with Crippen molar-refractivity contribution in [2.24, 2.45) is 0 Å². The number of phenolic OH excluding ortho intramolecular Hbond substituents is 1. The lowest BCUT2D eigenvalue weighted by Crippen LogP contribution is -2.38. The summed E-state index contributed by atoms with van der Waals surface area (Å²) in [5, 5.41) is 11.1. The SMILES string of the molecule is CCN1CCc2cc(OCCCF)c(O)c3c2[C@H]1Cc1ccc(OS(=O)(=O)C(F)(F)F)cc1-3. The van der Waals surface area contributed by atoms with Crippen LogP contribution < -0.4 is 8.92 Å². The molecule has 180 valence electrons. The van der Waals surface area contributed by atoms with Gasteiger partial charge < -0.3 is 14.0 Å². The molecule has 0 fully saturated rings. The topological polar surface area (TPSA) is 76.1 Å². The maximum atomic E-state index is 12.8. The summed E-state index contributed by atoms with van der Waals surface area (Å²) < 4.78 is 83.8. The standard InChI is InChI=1S/C22H23F4NO5S/c1-2-27-8-6-14-11-18(31-9-3-7-23)21(28)20-16-12-15(32-33(29,30)22(24,25)26)5-4-13(16)10-17(27)19(14)20/h4-5,11-12,17,28H,2-3,6-10H2,1H3/t17-/m1/s1. The van der Waals surface area contributed by atoms with E-state index in [1.165, 1.54) is 18.2 Å². The summed E-state index contributed by atoms with van der Waals surface area (Å²) in [6, 6.07) is 5.55. The number of hydrogen-bond donors (Lipinski definition) is 1. The number of halogens is 4. The van der Waals surface area contributed by atoms with Crippen LogP contribution in [0.15, 0.2) is 24.3 Å². The van der Waals surface area contributed by atoms with Gasteiger partial charge in [-0.1, -0.05) is 13.0 Å². The summed E-state index contributed by atoms with van der Waals surface area (Å²) >= 11 is 0. The summed E-state index contributed by atoms with van der Waals surface area (Å²) in [4.78, 5) is 2.25. The highest BCUT2D eigenvalue weighted by molar-refractivity contribution is 7.88. The minimum atomic E-state index is -5.84. The Morgan fingerprint density at radius 2 is 1.97 bits per heavy atom. The molecule has 0 aromatic heterocycles. The molecule has 1 aliphatic carbocycles. The van der Waals surface area contributed by atoms with E-state index in [0.29, 0.717) is 24.0 Å². The maximum absolute atomic E-state index is 12.8. The Morgan fingerprint density at radius 3 is 2.64 bits per heavy atom. The van der Waals surface area contributed by atoms with E-state index in [0.717, 1.165) is 29.8 Å². The first-order chi connectivity index (χ1) is 15.6. The van der Waals surface area contributed by atoms with Gasteiger partial charge in [-0.05, 0) is 59.8 Å². The number of fused-ring (bicyclic) bond motifs is 2. The van der Waals surface area contributed by atoms with Gasteiger partial charge in [0.25, 0.3) is 0 Å². The third-order valence-corrected chi connectivity index (χ3v) is 7.01. The van der Waals surface area contributed by atoms with Crippen LogP contribution in [0.25, 0.3) is 11.1 Å². The second-order valence-corrected chi connectivity index (χ2v) is 9.50. The van der Waals surface area contributed by atoms with Gasteiger partial charge in [-0.3, -0.25) is 9.29 Å². The third-order valence-electron chi connectivity index (χ3n) is 6.03. The van der Waals surface area contributed by atoms with E-state index in [4.69, 9.17) is 4.74 Å². The van der Waals surface area contributed by atoms with Crippen LogP contribution in [-0.2, 0) is 23.0 Å². The number of ether oxygens (including phenoxy) is 1. The zero-order valence-corrected chi connectivity index (χ0v) is 18.6. The molecule has 1 N–H and O–H groups in total. The summed E-state index contributed by atoms with van der Waals surface area (Å²) in [7, 11) is -5.84. The monoisotopic (exact) mass is 489 g/mol. The molecule has 0 saturated carbocycles. The molecule has 1 atom stereocenters. The summed E-state index contributed by atoms with van der Waals surface area (Å²) in [6.07, 6.45) is 1.35. The van der Waals surface area contributed by atoms with Crippen LogP contribution in [0.2, 0.25) is 0 Å². The number of benzene rings is 2. The summed E-state index contributed by atoms with van der Waals surface area (Å²) in [6.45, 7) is 3.03. The van der Waals surface area contributed by atoms with Crippen molar-refractivity contribution < 1.29 is 40.0 Å². The highest BCUT2D eigenvalue weighted by Gasteiger charge is 2.48. The zero-order valence-electron chi connectivity index (χ0n) is 17.8. The quantitative estimate of drug-likeness (QED) is 0.267. The van der Waals surface area contributed by atoms with Crippen molar-refractivity contribution >= 4 is 10.1 Å². The van der Waals surface area contributed by atoms with Gasteiger partial charge in [0.1, 0.15) is 5.75 Å². The van der Waals surface area contributed by atoms with Gasteiger partial charge in [-0.15, -0.1) is 0 Å². The number of hydrogen-bond acceptors (Lipinski definition) is 6. The van der Waals surface area contributed by atoms with E-state index in [9.17, 15) is 31.1 Å². The average Bonchev–Trinajstić information content (AvgIpc) is 2.75. The Hall–Kier alpha value is -2.53. The second-order valence-electron chi connectivity index (χ2n) is 7.96. The van der Waals surface area contributed by atoms with E-state index >= 15 is 0 Å². The Balaban J connectivity index is 1.85. The van der Waals surface area contributed by atoms with Crippen LogP contribution in [0.5, 0.6) is 17.2 Å². The first-order valence-electron chi connectivity index (χ1n) is 10.5. The molecule has 0 unspecified atom stereocenters. The number of alkyl halides is 4. The van der Waals surface area contributed by atoms with Crippen molar-refractivity contribution in [2.75, 3.05) is 26.4 Å². The number of nitrogens with zero attached hydrogens (tertiary/aromatic N) is 1. The van der Waals surface area contributed by atoms with E-state index in [1.807, 2.05) is 6.92 Å². The van der Waals surface area contributed by atoms with Crippen LogP contribution >= 0.6 is 0 Å². The molecule has 1 aliphatic heterocycles. The molecular weight excluding hydrogens is 466 g/mol. The van der Waals surface area contributed by atoms with Crippen LogP contribution in [-0.4, -0.2) is 50.3 Å². The molecule has 2 aromatic rings. The van der Waals surface area contributed by atoms with Crippen LogP contribution in [0.4, 0.5) is 17.6 Å². The predicted octanol–water partition coefficient (Wildman–Crippen LogP) is 4.50. The van der Waals surface area contributed by atoms with Crippen molar-refractivity contribution in [1.82, 2.24) is 4.90 Å². The first kappa shape index (κ1) is 23.6. The first-order valence-corrected chi connectivity index (χ1v) is 11.9. The molecule has 6 nitrogen and oxygen atoms in total. The molecule has 4 rings (SSSR count). The minimum absolute atomic E-state index is 0.0482. The van der Waals surface area contributed by atoms with E-state index in [1.54, 1.807) is 6.07 Å². The predicted molar refractivity (Wildman–Crippen MR) is 113 cm³/mol. The van der Waals surface area contributed by atoms with E-state index in [2.05, 4.69) is 9.08 Å². The Bertz CT molecular complexity index is 1170. The van der Waals surface area contributed by atoms with Gasteiger partial charge >= 0.3 is 15.6 Å². The average molecular weight is 489 g/mol. The molecule has 1 heterocycles. The highest BCUT2D eigenvalue weighted by Crippen LogP contribution is 2.52. The molecule has 0 radical (unpaired) electrons. The van der Waals surface area contributed by atoms with Crippen LogP contribution in [0, 0.1) is 0 Å². The molecule has 0 bridgehead atoms. The van der Waals surface area contributed by atoms with Gasteiger partial charge in [0, 0.05) is 24.6 Å². The second kappa shape index (κ2) is 8.68. The molecule has 11 heteroatoms. The lowest BCUT2D eigenvalue weighted by atomic mass is 9.76. The van der Waals surface area contributed by atoms with Gasteiger partial charge in [-0.2, -0.15) is 21.6 Å². The fraction of sp³-hybridized carbons (Fsp3) is 0.455. The summed E-state index contributed by atoms with van der Waals surface area (Å²) in [5.41, 5.74) is -2.33. The molecule has 0 spiro atoms. The number of rotatable bonds is 7. The zero-order chi connectivity index (χ0) is 24.0. The van der Waals surface area contributed by atoms with Crippen molar-refractivity contribution in [2.45, 2.75) is 37.7 Å². The lowest BCUT2D eigenvalue weighted by Gasteiger charge is -2.41. The smallest absolute Gasteiger partial charge is 0.504 e. The van der Waals surface area contributed by atoms with Gasteiger partial charge in [0.2, 0.25) is 0 Å². The molecule has 33 heavy (non-hydrogen) atoms. The van der Waals surface area contributed by atoms with Crippen molar-refractivity contribution in [3.8, 4) is 28.4 Å². The Kier molecular flexibility index (Phi) is 6.21. The number of aromatic hydroxyl groups is 1. The largest absolute Gasteiger partial charge is 0.534 e. The number of phenols is 1.